The summed E-state index contributed by atoms with van der Waals surface area (Å²) in [5.41, 5.74) is 2.21. The van der Waals surface area contributed by atoms with Gasteiger partial charge in [-0.05, 0) is 36.2 Å². The lowest BCUT2D eigenvalue weighted by Gasteiger charge is -2.26. The van der Waals surface area contributed by atoms with E-state index in [1.54, 1.807) is 11.3 Å². The van der Waals surface area contributed by atoms with Crippen LogP contribution in [0.15, 0.2) is 24.3 Å². The van der Waals surface area contributed by atoms with E-state index >= 15 is 0 Å². The minimum Gasteiger partial charge on any atom is -0.493 e. The van der Waals surface area contributed by atoms with Crippen molar-refractivity contribution in [3.63, 3.8) is 0 Å². The van der Waals surface area contributed by atoms with Gasteiger partial charge in [-0.3, -0.25) is 4.79 Å². The molecule has 0 saturated heterocycles. The molecule has 0 radical (unpaired) electrons. The van der Waals surface area contributed by atoms with Crippen molar-refractivity contribution in [3.8, 4) is 5.75 Å². The second-order valence-corrected chi connectivity index (χ2v) is 8.21. The number of carboxylic acids is 1. The second-order valence-electron chi connectivity index (χ2n) is 6.63. The van der Waals surface area contributed by atoms with Gasteiger partial charge in [0.05, 0.1) is 17.5 Å². The first kappa shape index (κ1) is 22.4. The van der Waals surface area contributed by atoms with Gasteiger partial charge in [-0.25, -0.2) is 4.79 Å². The van der Waals surface area contributed by atoms with Crippen molar-refractivity contribution < 1.29 is 32.6 Å². The van der Waals surface area contributed by atoms with Crippen LogP contribution < -0.4 is 15.4 Å². The normalized spacial score (nSPS) is 17.5. The zero-order chi connectivity index (χ0) is 21.9. The predicted octanol–water partition coefficient (Wildman–Crippen LogP) is 3.93. The third kappa shape index (κ3) is 5.44. The summed E-state index contributed by atoms with van der Waals surface area (Å²) >= 11 is 7.70. The van der Waals surface area contributed by atoms with Gasteiger partial charge in [0.25, 0.3) is 5.91 Å². The summed E-state index contributed by atoms with van der Waals surface area (Å²) in [4.78, 5) is 23.6. The Balaban J connectivity index is 0.000000318. The number of hydrogen-bond donors (Lipinski definition) is 3. The zero-order valence-corrected chi connectivity index (χ0v) is 17.1. The molecule has 162 valence electrons. The molecule has 30 heavy (non-hydrogen) atoms. The van der Waals surface area contributed by atoms with Gasteiger partial charge in [-0.2, -0.15) is 13.2 Å². The number of rotatable bonds is 2. The number of amides is 1. The van der Waals surface area contributed by atoms with E-state index in [1.165, 1.54) is 10.4 Å². The van der Waals surface area contributed by atoms with Crippen LogP contribution in [-0.4, -0.2) is 36.3 Å². The fourth-order valence-electron chi connectivity index (χ4n) is 3.11. The van der Waals surface area contributed by atoms with E-state index in [4.69, 9.17) is 26.2 Å². The van der Waals surface area contributed by atoms with Crippen LogP contribution >= 0.6 is 22.9 Å². The molecule has 2 aromatic rings. The van der Waals surface area contributed by atoms with Gasteiger partial charge < -0.3 is 20.5 Å². The summed E-state index contributed by atoms with van der Waals surface area (Å²) < 4.78 is 37.4. The third-order valence-corrected chi connectivity index (χ3v) is 5.99. The maximum Gasteiger partial charge on any atom is 0.490 e. The van der Waals surface area contributed by atoms with Crippen LogP contribution in [0, 0.1) is 0 Å². The van der Waals surface area contributed by atoms with E-state index in [-0.39, 0.29) is 11.9 Å². The fourth-order valence-corrected chi connectivity index (χ4v) is 4.37. The Morgan fingerprint density at radius 1 is 1.30 bits per heavy atom. The minimum absolute atomic E-state index is 0.0118. The minimum atomic E-state index is -5.08. The van der Waals surface area contributed by atoms with Crippen LogP contribution in [0.5, 0.6) is 5.75 Å². The molecule has 4 rings (SSSR count). The van der Waals surface area contributed by atoms with Gasteiger partial charge in [-0.1, -0.05) is 11.6 Å². The van der Waals surface area contributed by atoms with Crippen molar-refractivity contribution in [2.45, 2.75) is 31.6 Å². The molecule has 0 bridgehead atoms. The molecule has 1 atom stereocenters. The molecule has 3 heterocycles. The van der Waals surface area contributed by atoms with Crippen molar-refractivity contribution in [1.29, 1.82) is 0 Å². The molecule has 11 heteroatoms. The monoisotopic (exact) mass is 462 g/mol. The fraction of sp³-hybridized carbons (Fsp3) is 0.368. The van der Waals surface area contributed by atoms with Gasteiger partial charge in [0.2, 0.25) is 0 Å². The number of nitrogens with one attached hydrogen (secondary N) is 2. The first-order valence-electron chi connectivity index (χ1n) is 9.00. The van der Waals surface area contributed by atoms with Crippen LogP contribution in [0.4, 0.5) is 13.2 Å². The van der Waals surface area contributed by atoms with E-state index < -0.39 is 12.1 Å². The quantitative estimate of drug-likeness (QED) is 0.629. The highest BCUT2D eigenvalue weighted by atomic mass is 35.5. The molecular weight excluding hydrogens is 445 g/mol. The number of thiophene rings is 1. The number of alkyl halides is 3. The van der Waals surface area contributed by atoms with E-state index in [2.05, 4.69) is 10.6 Å². The van der Waals surface area contributed by atoms with E-state index in [9.17, 15) is 18.0 Å². The summed E-state index contributed by atoms with van der Waals surface area (Å²) in [6.07, 6.45) is -3.32. The molecule has 0 fully saturated rings. The molecule has 1 aromatic carbocycles. The van der Waals surface area contributed by atoms with Crippen molar-refractivity contribution >= 4 is 34.8 Å². The smallest absolute Gasteiger partial charge is 0.490 e. The lowest BCUT2D eigenvalue weighted by molar-refractivity contribution is -0.192. The predicted molar refractivity (Wildman–Crippen MR) is 105 cm³/mol. The Bertz CT molecular complexity index is 925. The van der Waals surface area contributed by atoms with Crippen LogP contribution in [0.1, 0.15) is 38.1 Å². The molecule has 2 aliphatic heterocycles. The lowest BCUT2D eigenvalue weighted by atomic mass is 10.0. The molecule has 3 N–H and O–H groups in total. The van der Waals surface area contributed by atoms with Gasteiger partial charge in [0.15, 0.2) is 0 Å². The van der Waals surface area contributed by atoms with Crippen molar-refractivity contribution in [2.24, 2.45) is 0 Å². The molecule has 0 aliphatic carbocycles. The first-order valence-corrected chi connectivity index (χ1v) is 10.2. The highest BCUT2D eigenvalue weighted by Crippen LogP contribution is 2.34. The third-order valence-electron chi connectivity index (χ3n) is 4.52. The van der Waals surface area contributed by atoms with Crippen molar-refractivity contribution in [1.82, 2.24) is 10.6 Å². The SMILES string of the molecule is O=C(NC1CCOc2ccc(Cl)cc21)c1cc2c(s1)CCNC2.O=C(O)C(F)(F)F. The summed E-state index contributed by atoms with van der Waals surface area (Å²) in [5.74, 6) is -1.96. The molecule has 1 amide bonds. The Morgan fingerprint density at radius 2 is 2.03 bits per heavy atom. The highest BCUT2D eigenvalue weighted by molar-refractivity contribution is 7.14. The van der Waals surface area contributed by atoms with Crippen molar-refractivity contribution in [3.05, 3.63) is 50.2 Å². The number of carbonyl (C=O) groups is 2. The van der Waals surface area contributed by atoms with Gasteiger partial charge in [0, 0.05) is 35.0 Å². The maximum absolute atomic E-state index is 12.6. The van der Waals surface area contributed by atoms with Gasteiger partial charge in [0.1, 0.15) is 5.75 Å². The topological polar surface area (TPSA) is 87.7 Å². The van der Waals surface area contributed by atoms with Crippen LogP contribution in [-0.2, 0) is 17.8 Å². The van der Waals surface area contributed by atoms with Gasteiger partial charge >= 0.3 is 12.1 Å². The average Bonchev–Trinajstić information content (AvgIpc) is 3.12. The van der Waals surface area contributed by atoms with Crippen LogP contribution in [0.2, 0.25) is 5.02 Å². The van der Waals surface area contributed by atoms with E-state index in [0.29, 0.717) is 11.6 Å². The number of hydrogen-bond acceptors (Lipinski definition) is 5. The van der Waals surface area contributed by atoms with Gasteiger partial charge in [-0.15, -0.1) is 11.3 Å². The van der Waals surface area contributed by atoms with Crippen LogP contribution in [0.25, 0.3) is 0 Å². The molecule has 1 unspecified atom stereocenters. The number of carboxylic acid groups (broad SMARTS) is 1. The summed E-state index contributed by atoms with van der Waals surface area (Å²) in [5, 5.41) is 14.3. The van der Waals surface area contributed by atoms with Crippen molar-refractivity contribution in [2.75, 3.05) is 13.2 Å². The Kier molecular flexibility index (Phi) is 6.89. The van der Waals surface area contributed by atoms with E-state index in [0.717, 1.165) is 42.1 Å². The molecule has 6 nitrogen and oxygen atoms in total. The van der Waals surface area contributed by atoms with Crippen LogP contribution in [0.3, 0.4) is 0 Å². The average molecular weight is 463 g/mol. The largest absolute Gasteiger partial charge is 0.493 e. The maximum atomic E-state index is 12.6. The second kappa shape index (κ2) is 9.23. The Morgan fingerprint density at radius 3 is 2.70 bits per heavy atom. The molecular formula is C19H18ClF3N2O4S. The molecule has 2 aliphatic rings. The standard InChI is InChI=1S/C17H17ClN2O2S.C2HF3O2/c18-11-1-2-14-12(8-11)13(4-6-22-14)20-17(21)16-7-10-9-19-5-3-15(10)23-16;3-2(4,5)1(6)7/h1-2,7-8,13,19H,3-6,9H2,(H,20,21);(H,6,7). The molecule has 0 saturated carbocycles. The lowest BCUT2D eigenvalue weighted by Crippen LogP contribution is -2.31. The number of halogens is 4. The number of carbonyl (C=O) groups excluding carboxylic acids is 1. The number of ether oxygens (including phenoxy) is 1. The number of aliphatic carboxylic acids is 1. The van der Waals surface area contributed by atoms with E-state index in [1.807, 2.05) is 24.3 Å². The molecule has 0 spiro atoms. The number of benzene rings is 1. The number of fused-ring (bicyclic) bond motifs is 2. The molecule has 1 aromatic heterocycles. The summed E-state index contributed by atoms with van der Waals surface area (Å²) in [6.45, 7) is 2.44. The first-order chi connectivity index (χ1) is 14.1. The summed E-state index contributed by atoms with van der Waals surface area (Å²) in [6, 6.07) is 7.52. The Hall–Kier alpha value is -2.30. The highest BCUT2D eigenvalue weighted by Gasteiger charge is 2.38. The summed E-state index contributed by atoms with van der Waals surface area (Å²) in [7, 11) is 0. The zero-order valence-electron chi connectivity index (χ0n) is 15.5. The Labute approximate surface area is 179 Å².